The van der Waals surface area contributed by atoms with Crippen molar-refractivity contribution in [3.8, 4) is 5.75 Å². The molecule has 3 aromatic rings. The Morgan fingerprint density at radius 1 is 1.03 bits per heavy atom. The lowest BCUT2D eigenvalue weighted by Gasteiger charge is -2.43. The van der Waals surface area contributed by atoms with Crippen LogP contribution in [0.5, 0.6) is 5.75 Å². The molecule has 1 aromatic heterocycles. The Morgan fingerprint density at radius 2 is 1.72 bits per heavy atom. The molecule has 0 spiro atoms. The van der Waals surface area contributed by atoms with Gasteiger partial charge in [0.1, 0.15) is 35.1 Å². The highest BCUT2D eigenvalue weighted by Crippen LogP contribution is 2.38. The lowest BCUT2D eigenvalue weighted by Crippen LogP contribution is -2.63. The van der Waals surface area contributed by atoms with Crippen LogP contribution in [0.2, 0.25) is 5.02 Å². The molecule has 4 bridgehead atoms. The third-order valence-corrected chi connectivity index (χ3v) is 14.1. The Hall–Kier alpha value is -6.11. The van der Waals surface area contributed by atoms with Crippen LogP contribution in [0.3, 0.4) is 0 Å². The summed E-state index contributed by atoms with van der Waals surface area (Å²) in [5, 5.41) is 56.3. The van der Waals surface area contributed by atoms with Gasteiger partial charge in [-0.25, -0.2) is 14.6 Å². The number of nitrogens with one attached hydrogen (secondary N) is 4. The first-order valence-corrected chi connectivity index (χ1v) is 25.0. The summed E-state index contributed by atoms with van der Waals surface area (Å²) in [5.74, 6) is -4.99. The van der Waals surface area contributed by atoms with E-state index in [9.17, 15) is 49.2 Å². The summed E-state index contributed by atoms with van der Waals surface area (Å²) >= 11 is 6.76. The monoisotopic (exact) mass is 1070 g/mol. The molecule has 23 heteroatoms. The smallest absolute Gasteiger partial charge is 0.409 e. The van der Waals surface area contributed by atoms with Crippen LogP contribution in [-0.2, 0) is 57.7 Å². The highest BCUT2D eigenvalue weighted by molar-refractivity contribution is 6.35. The van der Waals surface area contributed by atoms with Crippen LogP contribution >= 0.6 is 11.6 Å². The number of hydrogen-bond donors (Lipinski definition) is 8. The number of alkyl carbamates (subject to hydrolysis) is 1. The number of fused-ring (bicyclic) bond motifs is 5. The van der Waals surface area contributed by atoms with Crippen LogP contribution in [-0.4, -0.2) is 174 Å². The molecule has 8 N–H and O–H groups in total. The zero-order valence-corrected chi connectivity index (χ0v) is 45.0. The summed E-state index contributed by atoms with van der Waals surface area (Å²) in [4.78, 5) is 82.5. The van der Waals surface area contributed by atoms with Crippen molar-refractivity contribution in [1.29, 1.82) is 0 Å². The number of rotatable bonds is 17. The number of allylic oxidation sites excluding steroid dienone is 3. The number of hydrogen-bond acceptors (Lipinski definition) is 16. The van der Waals surface area contributed by atoms with Crippen molar-refractivity contribution in [3.05, 3.63) is 82.5 Å². The lowest BCUT2D eigenvalue weighted by atomic mass is 9.81. The Labute approximate surface area is 441 Å². The number of aromatic nitrogens is 1. The number of halogens is 1. The number of esters is 1. The van der Waals surface area contributed by atoms with Crippen LogP contribution in [0.25, 0.3) is 10.9 Å². The standard InChI is InChI=1S/C52H73ClN8O14/c1-30-14-13-17-40(73-10)52(71)28-39(74-50(69)57-52)31(2)27-51(4,70)41(26-43(63)60(8)37-23-33(22-30)24-38(72-9)44(37)53)75-49(68)32(3)59(7)48(67)46(65)45(64)47(66)56-20-19-55-42(62)18-21-61-35(29-58(6)54-5)25-34-15-11-12-16-36(34)61/h11-17,23-25,31-32,39-41,45-46,54,64-65,70-71H,18-22,26-29H2,1-10H3,(H,55,62)(H,56,66)(H,57,69)/b17-13+,30-14+/t31-,32-,39-,40+,41-,45+,46-,51+,52-/m0/s1. The number of benzene rings is 2. The van der Waals surface area contributed by atoms with Gasteiger partial charge in [-0.15, -0.1) is 0 Å². The summed E-state index contributed by atoms with van der Waals surface area (Å²) in [6.07, 6.45) is -4.93. The van der Waals surface area contributed by atoms with Gasteiger partial charge in [-0.1, -0.05) is 60.5 Å². The largest absolute Gasteiger partial charge is 0.495 e. The average molecular weight is 1070 g/mol. The first kappa shape index (κ1) is 59.8. The highest BCUT2D eigenvalue weighted by atomic mass is 35.5. The molecule has 0 radical (unpaired) electrons. The van der Waals surface area contributed by atoms with Crippen LogP contribution in [0, 0.1) is 5.92 Å². The molecule has 9 atom stereocenters. The summed E-state index contributed by atoms with van der Waals surface area (Å²) < 4.78 is 24.7. The molecule has 75 heavy (non-hydrogen) atoms. The summed E-state index contributed by atoms with van der Waals surface area (Å²) in [6, 6.07) is 11.8. The molecule has 0 saturated carbocycles. The molecule has 0 unspecified atom stereocenters. The van der Waals surface area contributed by atoms with E-state index in [2.05, 4.69) is 32.0 Å². The number of aryl methyl sites for hydroxylation is 1. The lowest BCUT2D eigenvalue weighted by molar-refractivity contribution is -0.178. The number of anilines is 1. The van der Waals surface area contributed by atoms with Gasteiger partial charge in [0.2, 0.25) is 11.8 Å². The SMILES string of the molecule is CNN(C)Cc1cc2ccccc2n1CCC(=O)NCCNC(=O)[C@H](O)[C@H](O)C(=O)N(C)[C@@H](C)C(=O)O[C@H]1CC(=O)N(C)c2cc(cc(OC)c2Cl)C/C(C)=C/C=C/[C@@H](OC)[C@@]2(O)C[C@H](OC(=O)N2)[C@@H](C)C[C@@]1(C)O. The first-order valence-electron chi connectivity index (χ1n) is 24.6. The van der Waals surface area contributed by atoms with Crippen molar-refractivity contribution in [3.63, 3.8) is 0 Å². The maximum Gasteiger partial charge on any atom is 0.409 e. The number of ether oxygens (including phenoxy) is 4. The van der Waals surface area contributed by atoms with E-state index in [1.807, 2.05) is 50.3 Å². The van der Waals surface area contributed by atoms with Crippen molar-refractivity contribution in [2.45, 2.75) is 121 Å². The number of carbonyl (C=O) groups excluding carboxylic acids is 6. The van der Waals surface area contributed by atoms with E-state index in [0.29, 0.717) is 25.1 Å². The first-order chi connectivity index (χ1) is 35.3. The van der Waals surface area contributed by atoms with Crippen molar-refractivity contribution in [1.82, 2.24) is 35.9 Å². The van der Waals surface area contributed by atoms with Crippen molar-refractivity contribution in [2.75, 3.05) is 60.4 Å². The fourth-order valence-electron chi connectivity index (χ4n) is 9.10. The van der Waals surface area contributed by atoms with Gasteiger partial charge in [-0.05, 0) is 81.8 Å². The summed E-state index contributed by atoms with van der Waals surface area (Å²) in [7, 11) is 9.07. The van der Waals surface area contributed by atoms with Crippen LogP contribution in [0.1, 0.15) is 64.6 Å². The van der Waals surface area contributed by atoms with Gasteiger partial charge in [0.05, 0.1) is 31.4 Å². The second-order valence-corrected chi connectivity index (χ2v) is 19.9. The maximum atomic E-state index is 14.3. The zero-order chi connectivity index (χ0) is 55.5. The number of carbonyl (C=O) groups is 6. The van der Waals surface area contributed by atoms with Crippen molar-refractivity contribution < 1.29 is 68.1 Å². The molecular weight excluding hydrogens is 996 g/mol. The van der Waals surface area contributed by atoms with Gasteiger partial charge in [0, 0.05) is 71.9 Å². The molecule has 2 aliphatic rings. The molecule has 5 rings (SSSR count). The van der Waals surface area contributed by atoms with Gasteiger partial charge in [0.25, 0.3) is 11.8 Å². The second kappa shape index (κ2) is 26.1. The van der Waals surface area contributed by atoms with Crippen LogP contribution in [0.15, 0.2) is 66.3 Å². The quantitative estimate of drug-likeness (QED) is 0.0546. The van der Waals surface area contributed by atoms with Gasteiger partial charge in [-0.2, -0.15) is 0 Å². The number of aliphatic hydroxyl groups excluding tert-OH is 2. The summed E-state index contributed by atoms with van der Waals surface area (Å²) in [6.45, 7) is 6.83. The Morgan fingerprint density at radius 3 is 2.40 bits per heavy atom. The van der Waals surface area contributed by atoms with E-state index < -0.39 is 90.0 Å². The molecule has 1 fully saturated rings. The molecule has 3 heterocycles. The van der Waals surface area contributed by atoms with Gasteiger partial charge >= 0.3 is 12.1 Å². The van der Waals surface area contributed by atoms with Gasteiger partial charge in [0.15, 0.2) is 17.9 Å². The van der Waals surface area contributed by atoms with E-state index >= 15 is 0 Å². The minimum atomic E-state index is -2.36. The number of aliphatic hydroxyl groups is 4. The molecular formula is C52H73ClN8O14. The number of para-hydroxylation sites is 1. The average Bonchev–Trinajstić information content (AvgIpc) is 3.72. The van der Waals surface area contributed by atoms with Crippen molar-refractivity contribution >= 4 is 63.9 Å². The van der Waals surface area contributed by atoms with E-state index in [1.54, 1.807) is 37.3 Å². The van der Waals surface area contributed by atoms with E-state index in [-0.39, 0.29) is 54.7 Å². The molecule has 2 aliphatic heterocycles. The Balaban J connectivity index is 1.27. The molecule has 22 nitrogen and oxygen atoms in total. The normalized spacial score (nSPS) is 25.0. The van der Waals surface area contributed by atoms with Gasteiger partial charge < -0.3 is 64.4 Å². The number of methoxy groups -OCH3 is 2. The highest BCUT2D eigenvalue weighted by Gasteiger charge is 2.49. The third-order valence-electron chi connectivity index (χ3n) is 13.8. The van der Waals surface area contributed by atoms with Gasteiger partial charge in [-0.3, -0.25) is 29.9 Å². The maximum absolute atomic E-state index is 14.3. The number of likely N-dealkylation sites (N-methyl/N-ethyl adjacent to an activating group) is 1. The number of hydrazine groups is 1. The minimum Gasteiger partial charge on any atom is -0.495 e. The Bertz CT molecular complexity index is 2610. The second-order valence-electron chi connectivity index (χ2n) is 19.5. The number of nitrogens with zero attached hydrogens (tertiary/aromatic N) is 4. The fraction of sp³-hybridized carbons (Fsp3) is 0.538. The fourth-order valence-corrected chi connectivity index (χ4v) is 9.41. The Kier molecular flexibility index (Phi) is 20.8. The zero-order valence-electron chi connectivity index (χ0n) is 44.2. The van der Waals surface area contributed by atoms with E-state index in [4.69, 9.17) is 30.5 Å². The molecule has 1 saturated heterocycles. The van der Waals surface area contributed by atoms with E-state index in [1.165, 1.54) is 40.0 Å². The predicted octanol–water partition coefficient (Wildman–Crippen LogP) is 2.06. The van der Waals surface area contributed by atoms with Crippen LogP contribution in [0.4, 0.5) is 10.5 Å². The minimum absolute atomic E-state index is 0.0318. The van der Waals surface area contributed by atoms with Crippen molar-refractivity contribution in [2.24, 2.45) is 5.92 Å². The van der Waals surface area contributed by atoms with Crippen LogP contribution < -0.4 is 31.0 Å². The molecule has 2 aromatic carbocycles. The topological polar surface area (TPSA) is 283 Å². The molecule has 412 valence electrons. The molecule has 5 amide bonds. The molecule has 0 aliphatic carbocycles. The predicted molar refractivity (Wildman–Crippen MR) is 278 cm³/mol. The van der Waals surface area contributed by atoms with E-state index in [0.717, 1.165) is 34.1 Å². The third kappa shape index (κ3) is 15.1. The summed E-state index contributed by atoms with van der Waals surface area (Å²) in [5.41, 5.74) is 2.79. The number of amides is 5.